The number of halogens is 1. The molecule has 0 heterocycles. The number of carboxylic acid groups (broad SMARTS) is 1. The predicted octanol–water partition coefficient (Wildman–Crippen LogP) is 6.19. The zero-order valence-electron chi connectivity index (χ0n) is 21.5. The van der Waals surface area contributed by atoms with Gasteiger partial charge in [0, 0.05) is 5.69 Å². The third kappa shape index (κ3) is 6.22. The molecule has 0 radical (unpaired) electrons. The lowest BCUT2D eigenvalue weighted by Crippen LogP contribution is -2.57. The lowest BCUT2D eigenvalue weighted by atomic mass is 9.75. The summed E-state index contributed by atoms with van der Waals surface area (Å²) in [7, 11) is 0. The van der Waals surface area contributed by atoms with E-state index in [2.05, 4.69) is 22.9 Å². The van der Waals surface area contributed by atoms with Gasteiger partial charge in [0.1, 0.15) is 11.4 Å². The molecule has 1 saturated carbocycles. The van der Waals surface area contributed by atoms with Crippen LogP contribution in [0.4, 0.5) is 20.6 Å². The first-order valence-electron chi connectivity index (χ1n) is 12.6. The normalized spacial score (nSPS) is 15.6. The number of carbonyl (C=O) groups excluding carboxylic acids is 2. The van der Waals surface area contributed by atoms with Gasteiger partial charge in [0.25, 0.3) is 5.91 Å². The second-order valence-electron chi connectivity index (χ2n) is 9.92. The van der Waals surface area contributed by atoms with Crippen LogP contribution in [0.15, 0.2) is 30.3 Å². The molecule has 8 heteroatoms. The van der Waals surface area contributed by atoms with Crippen molar-refractivity contribution in [3.8, 4) is 0 Å². The number of hydrogen-bond donors (Lipinski definition) is 4. The van der Waals surface area contributed by atoms with Crippen LogP contribution in [0.3, 0.4) is 0 Å². The predicted molar refractivity (Wildman–Crippen MR) is 139 cm³/mol. The molecule has 0 bridgehead atoms. The van der Waals surface area contributed by atoms with Gasteiger partial charge in [-0.1, -0.05) is 44.7 Å². The number of rotatable bonds is 8. The second-order valence-corrected chi connectivity index (χ2v) is 9.92. The fraction of sp³-hybridized carbons (Fsp3) is 0.464. The van der Waals surface area contributed by atoms with Gasteiger partial charge in [-0.2, -0.15) is 0 Å². The molecule has 36 heavy (non-hydrogen) atoms. The Morgan fingerprint density at radius 2 is 1.67 bits per heavy atom. The minimum absolute atomic E-state index is 0.0124. The molecule has 0 unspecified atom stereocenters. The number of aryl methyl sites for hydroxylation is 3. The van der Waals surface area contributed by atoms with Gasteiger partial charge < -0.3 is 21.1 Å². The molecule has 0 spiro atoms. The van der Waals surface area contributed by atoms with Gasteiger partial charge in [0.15, 0.2) is 0 Å². The van der Waals surface area contributed by atoms with Crippen LogP contribution in [-0.2, 0) is 11.2 Å². The lowest BCUT2D eigenvalue weighted by Gasteiger charge is -2.37. The number of anilines is 2. The highest BCUT2D eigenvalue weighted by Crippen LogP contribution is 2.33. The van der Waals surface area contributed by atoms with Crippen molar-refractivity contribution in [2.24, 2.45) is 5.92 Å². The summed E-state index contributed by atoms with van der Waals surface area (Å²) in [5.41, 5.74) is 2.10. The van der Waals surface area contributed by atoms with E-state index in [1.807, 2.05) is 26.0 Å². The Labute approximate surface area is 211 Å². The van der Waals surface area contributed by atoms with Gasteiger partial charge in [-0.3, -0.25) is 4.79 Å². The van der Waals surface area contributed by atoms with E-state index in [4.69, 9.17) is 0 Å². The van der Waals surface area contributed by atoms with Gasteiger partial charge in [-0.25, -0.2) is 14.0 Å². The quantitative estimate of drug-likeness (QED) is 0.349. The molecule has 7 nitrogen and oxygen atoms in total. The van der Waals surface area contributed by atoms with E-state index in [9.17, 15) is 23.9 Å². The zero-order chi connectivity index (χ0) is 26.5. The highest BCUT2D eigenvalue weighted by Gasteiger charge is 2.43. The summed E-state index contributed by atoms with van der Waals surface area (Å²) >= 11 is 0. The molecule has 0 aliphatic heterocycles. The highest BCUT2D eigenvalue weighted by molar-refractivity contribution is 6.08. The van der Waals surface area contributed by atoms with Crippen LogP contribution in [0.5, 0.6) is 0 Å². The number of nitrogens with one attached hydrogen (secondary N) is 3. The van der Waals surface area contributed by atoms with Gasteiger partial charge in [-0.15, -0.1) is 0 Å². The number of carbonyl (C=O) groups is 3. The van der Waals surface area contributed by atoms with E-state index in [0.29, 0.717) is 18.5 Å². The Morgan fingerprint density at radius 1 is 1.03 bits per heavy atom. The molecule has 1 atom stereocenters. The lowest BCUT2D eigenvalue weighted by molar-refractivity contribution is -0.146. The third-order valence-corrected chi connectivity index (χ3v) is 7.08. The van der Waals surface area contributed by atoms with Crippen molar-refractivity contribution >= 4 is 29.3 Å². The van der Waals surface area contributed by atoms with Crippen molar-refractivity contribution in [2.75, 3.05) is 10.6 Å². The van der Waals surface area contributed by atoms with E-state index in [1.165, 1.54) is 18.6 Å². The summed E-state index contributed by atoms with van der Waals surface area (Å²) in [6, 6.07) is 6.82. The molecule has 1 aliphatic carbocycles. The average Bonchev–Trinajstić information content (AvgIpc) is 2.82. The topological polar surface area (TPSA) is 108 Å². The maximum Gasteiger partial charge on any atom is 0.329 e. The van der Waals surface area contributed by atoms with Crippen LogP contribution < -0.4 is 16.0 Å². The Morgan fingerprint density at radius 3 is 2.25 bits per heavy atom. The van der Waals surface area contributed by atoms with Crippen LogP contribution >= 0.6 is 0 Å². The Kier molecular flexibility index (Phi) is 8.71. The van der Waals surface area contributed by atoms with Crippen LogP contribution in [0, 0.1) is 25.6 Å². The smallest absolute Gasteiger partial charge is 0.329 e. The van der Waals surface area contributed by atoms with Crippen molar-refractivity contribution in [1.29, 1.82) is 0 Å². The van der Waals surface area contributed by atoms with Crippen LogP contribution in [0.1, 0.15) is 79.4 Å². The van der Waals surface area contributed by atoms with Gasteiger partial charge in [0.2, 0.25) is 0 Å². The Bertz CT molecular complexity index is 1120. The summed E-state index contributed by atoms with van der Waals surface area (Å²) in [4.78, 5) is 38.3. The fourth-order valence-electron chi connectivity index (χ4n) is 5.08. The maximum atomic E-state index is 14.1. The van der Waals surface area contributed by atoms with Crippen molar-refractivity contribution in [2.45, 2.75) is 78.2 Å². The summed E-state index contributed by atoms with van der Waals surface area (Å²) in [5.74, 6) is -2.65. The summed E-state index contributed by atoms with van der Waals surface area (Å²) in [5, 5.41) is 18.0. The Balaban J connectivity index is 1.81. The molecule has 1 aliphatic rings. The molecular formula is C28H36FN3O4. The minimum Gasteiger partial charge on any atom is -0.480 e. The molecular weight excluding hydrogens is 461 g/mol. The standard InChI is InChI=1S/C28H36FN3O4/c1-5-9-19-14-17(2)24(18(3)15-19)31-27(36)30-23-16-21(29)12-13-22(23)25(33)32-28(4,26(34)35)20-10-7-6-8-11-20/h12-16,20H,5-11H2,1-4H3,(H,32,33)(H,34,35)(H2,30,31,36)/t28-/m0/s1. The van der Waals surface area contributed by atoms with Crippen LogP contribution in [0.2, 0.25) is 0 Å². The maximum absolute atomic E-state index is 14.1. The fourth-order valence-corrected chi connectivity index (χ4v) is 5.08. The van der Waals surface area contributed by atoms with Crippen LogP contribution in [0.25, 0.3) is 0 Å². The van der Waals surface area contributed by atoms with Crippen molar-refractivity contribution < 1.29 is 23.9 Å². The monoisotopic (exact) mass is 497 g/mol. The van der Waals surface area contributed by atoms with Crippen LogP contribution in [-0.4, -0.2) is 28.6 Å². The number of carboxylic acids is 1. The SMILES string of the molecule is CCCc1cc(C)c(NC(=O)Nc2cc(F)ccc2C(=O)N[C@](C)(C(=O)O)C2CCCCC2)c(C)c1. The summed E-state index contributed by atoms with van der Waals surface area (Å²) < 4.78 is 14.1. The summed E-state index contributed by atoms with van der Waals surface area (Å²) in [6.45, 7) is 7.42. The van der Waals surface area contributed by atoms with E-state index in [0.717, 1.165) is 55.4 Å². The number of hydrogen-bond acceptors (Lipinski definition) is 3. The van der Waals surface area contributed by atoms with Gasteiger partial charge in [-0.05, 0) is 80.8 Å². The molecule has 0 saturated heterocycles. The zero-order valence-corrected chi connectivity index (χ0v) is 21.5. The minimum atomic E-state index is -1.47. The van der Waals surface area contributed by atoms with Crippen molar-refractivity contribution in [3.63, 3.8) is 0 Å². The van der Waals surface area contributed by atoms with E-state index < -0.39 is 29.3 Å². The molecule has 3 amide bonds. The first-order valence-corrected chi connectivity index (χ1v) is 12.6. The molecule has 2 aromatic carbocycles. The first-order chi connectivity index (χ1) is 17.0. The number of aliphatic carboxylic acids is 1. The van der Waals surface area contributed by atoms with E-state index in [1.54, 1.807) is 0 Å². The van der Waals surface area contributed by atoms with Gasteiger partial charge in [0.05, 0.1) is 11.3 Å². The van der Waals surface area contributed by atoms with E-state index >= 15 is 0 Å². The van der Waals surface area contributed by atoms with Gasteiger partial charge >= 0.3 is 12.0 Å². The van der Waals surface area contributed by atoms with E-state index in [-0.39, 0.29) is 17.2 Å². The largest absolute Gasteiger partial charge is 0.480 e. The summed E-state index contributed by atoms with van der Waals surface area (Å²) in [6.07, 6.45) is 6.22. The first kappa shape index (κ1) is 27.2. The molecule has 3 rings (SSSR count). The second kappa shape index (κ2) is 11.5. The van der Waals surface area contributed by atoms with Crippen molar-refractivity contribution in [1.82, 2.24) is 5.32 Å². The number of benzene rings is 2. The molecule has 194 valence electrons. The molecule has 4 N–H and O–H groups in total. The highest BCUT2D eigenvalue weighted by atomic mass is 19.1. The molecule has 0 aromatic heterocycles. The van der Waals surface area contributed by atoms with Crippen molar-refractivity contribution in [3.05, 3.63) is 58.4 Å². The molecule has 1 fully saturated rings. The average molecular weight is 498 g/mol. The Hall–Kier alpha value is -3.42. The number of amides is 3. The number of urea groups is 1. The third-order valence-electron chi connectivity index (χ3n) is 7.08. The molecule has 2 aromatic rings.